The molecule has 166 valence electrons. The Morgan fingerprint density at radius 2 is 1.53 bits per heavy atom. The average molecular weight is 453 g/mol. The van der Waals surface area contributed by atoms with Crippen molar-refractivity contribution >= 4 is 27.5 Å². The number of hydrogen-bond donors (Lipinski definition) is 4. The molecule has 0 radical (unpaired) electrons. The zero-order valence-corrected chi connectivity index (χ0v) is 18.3. The summed E-state index contributed by atoms with van der Waals surface area (Å²) in [4.78, 5) is 22.9. The number of hydrogen-bond acceptors (Lipinski definition) is 5. The van der Waals surface area contributed by atoms with Crippen molar-refractivity contribution in [3.8, 4) is 22.3 Å². The minimum atomic E-state index is -3.75. The number of benzene rings is 3. The monoisotopic (exact) mass is 452 g/mol. The van der Waals surface area contributed by atoms with Crippen LogP contribution in [0.4, 0.5) is 5.69 Å². The third-order valence-corrected chi connectivity index (χ3v) is 6.30. The lowest BCUT2D eigenvalue weighted by molar-refractivity contribution is -0.118. The van der Waals surface area contributed by atoms with Crippen molar-refractivity contribution in [2.45, 2.75) is 11.8 Å². The minimum absolute atomic E-state index is 0.0667. The van der Waals surface area contributed by atoms with Crippen molar-refractivity contribution in [1.82, 2.24) is 10.0 Å². The largest absolute Gasteiger partial charge is 0.398 e. The van der Waals surface area contributed by atoms with E-state index in [-0.39, 0.29) is 35.1 Å². The number of sulfonamides is 1. The van der Waals surface area contributed by atoms with Gasteiger partial charge >= 0.3 is 0 Å². The van der Waals surface area contributed by atoms with Crippen LogP contribution in [0.25, 0.3) is 22.3 Å². The Labute approximate surface area is 186 Å². The van der Waals surface area contributed by atoms with E-state index in [1.807, 2.05) is 36.4 Å². The van der Waals surface area contributed by atoms with Crippen molar-refractivity contribution in [3.63, 3.8) is 0 Å². The van der Waals surface area contributed by atoms with E-state index < -0.39 is 15.9 Å². The number of primary amides is 1. The number of nitrogens with two attached hydrogens (primary N) is 2. The number of carbonyl (C=O) groups is 2. The van der Waals surface area contributed by atoms with E-state index in [0.717, 1.165) is 11.1 Å². The SMILES string of the molecule is CC(=O)NCCNS(=O)(=O)c1ccc(-c2cc(-c3ccccc3)cc(C(N)=O)c2N)cc1. The van der Waals surface area contributed by atoms with Crippen LogP contribution in [0.3, 0.4) is 0 Å². The first kappa shape index (κ1) is 23.0. The van der Waals surface area contributed by atoms with Crippen LogP contribution in [0.1, 0.15) is 17.3 Å². The molecule has 0 saturated heterocycles. The number of rotatable bonds is 8. The molecule has 0 aliphatic rings. The summed E-state index contributed by atoms with van der Waals surface area (Å²) < 4.78 is 27.4. The molecule has 0 aromatic heterocycles. The van der Waals surface area contributed by atoms with Crippen molar-refractivity contribution in [1.29, 1.82) is 0 Å². The number of anilines is 1. The second kappa shape index (κ2) is 9.63. The standard InChI is InChI=1S/C23H24N4O4S/c1-15(28)26-11-12-27-32(30,31)19-9-7-17(8-10-19)20-13-18(16-5-3-2-4-6-16)14-21(22(20)24)23(25)29/h2-10,13-14,27H,11-12,24H2,1H3,(H2,25,29)(H,26,28). The first-order chi connectivity index (χ1) is 15.2. The van der Waals surface area contributed by atoms with Crippen molar-refractivity contribution in [2.24, 2.45) is 5.73 Å². The molecule has 0 aliphatic carbocycles. The molecule has 3 aromatic carbocycles. The number of nitrogen functional groups attached to an aromatic ring is 1. The molecule has 0 spiro atoms. The van der Waals surface area contributed by atoms with E-state index in [1.54, 1.807) is 18.2 Å². The van der Waals surface area contributed by atoms with Crippen LogP contribution in [0.2, 0.25) is 0 Å². The van der Waals surface area contributed by atoms with Gasteiger partial charge in [0.15, 0.2) is 0 Å². The van der Waals surface area contributed by atoms with Gasteiger partial charge in [-0.3, -0.25) is 9.59 Å². The van der Waals surface area contributed by atoms with E-state index in [0.29, 0.717) is 11.1 Å². The van der Waals surface area contributed by atoms with Gasteiger partial charge in [0.2, 0.25) is 15.9 Å². The van der Waals surface area contributed by atoms with Crippen molar-refractivity contribution in [3.05, 3.63) is 72.3 Å². The molecule has 0 saturated carbocycles. The fourth-order valence-corrected chi connectivity index (χ4v) is 4.25. The quantitative estimate of drug-likeness (QED) is 0.306. The highest BCUT2D eigenvalue weighted by molar-refractivity contribution is 7.89. The topological polar surface area (TPSA) is 144 Å². The normalized spacial score (nSPS) is 11.2. The van der Waals surface area contributed by atoms with Crippen LogP contribution >= 0.6 is 0 Å². The van der Waals surface area contributed by atoms with Crippen LogP contribution in [-0.2, 0) is 14.8 Å². The minimum Gasteiger partial charge on any atom is -0.398 e. The molecule has 32 heavy (non-hydrogen) atoms. The number of nitrogens with one attached hydrogen (secondary N) is 2. The lowest BCUT2D eigenvalue weighted by Crippen LogP contribution is -2.33. The van der Waals surface area contributed by atoms with Crippen molar-refractivity contribution in [2.75, 3.05) is 18.8 Å². The second-order valence-electron chi connectivity index (χ2n) is 7.12. The van der Waals surface area contributed by atoms with Gasteiger partial charge in [-0.25, -0.2) is 13.1 Å². The summed E-state index contributed by atoms with van der Waals surface area (Å²) >= 11 is 0. The summed E-state index contributed by atoms with van der Waals surface area (Å²) in [6.45, 7) is 1.61. The Kier molecular flexibility index (Phi) is 6.92. The second-order valence-corrected chi connectivity index (χ2v) is 8.89. The smallest absolute Gasteiger partial charge is 0.250 e. The Morgan fingerprint density at radius 3 is 2.12 bits per heavy atom. The Bertz CT molecular complexity index is 1240. The van der Waals surface area contributed by atoms with E-state index in [9.17, 15) is 18.0 Å². The molecule has 3 rings (SSSR count). The molecule has 8 nitrogen and oxygen atoms in total. The number of carbonyl (C=O) groups excluding carboxylic acids is 2. The molecule has 0 bridgehead atoms. The van der Waals surface area contributed by atoms with Crippen LogP contribution in [0.5, 0.6) is 0 Å². The van der Waals surface area contributed by atoms with Crippen LogP contribution in [-0.4, -0.2) is 33.3 Å². The molecular weight excluding hydrogens is 428 g/mol. The third-order valence-electron chi connectivity index (χ3n) is 4.82. The van der Waals surface area contributed by atoms with Gasteiger partial charge < -0.3 is 16.8 Å². The summed E-state index contributed by atoms with van der Waals surface area (Å²) in [5, 5.41) is 2.52. The predicted molar refractivity (Wildman–Crippen MR) is 124 cm³/mol. The fourth-order valence-electron chi connectivity index (χ4n) is 3.21. The molecule has 6 N–H and O–H groups in total. The lowest BCUT2D eigenvalue weighted by Gasteiger charge is -2.14. The van der Waals surface area contributed by atoms with E-state index in [4.69, 9.17) is 11.5 Å². The van der Waals surface area contributed by atoms with E-state index in [1.165, 1.54) is 19.1 Å². The van der Waals surface area contributed by atoms with E-state index in [2.05, 4.69) is 10.0 Å². The first-order valence-electron chi connectivity index (χ1n) is 9.82. The van der Waals surface area contributed by atoms with Gasteiger partial charge in [-0.2, -0.15) is 0 Å². The van der Waals surface area contributed by atoms with Gasteiger partial charge in [-0.15, -0.1) is 0 Å². The first-order valence-corrected chi connectivity index (χ1v) is 11.3. The predicted octanol–water partition coefficient (Wildman–Crippen LogP) is 2.12. The maximum Gasteiger partial charge on any atom is 0.250 e. The number of amides is 2. The van der Waals surface area contributed by atoms with Crippen molar-refractivity contribution < 1.29 is 18.0 Å². The average Bonchev–Trinajstić information content (AvgIpc) is 2.77. The molecule has 3 aromatic rings. The molecule has 0 atom stereocenters. The molecule has 9 heteroatoms. The van der Waals surface area contributed by atoms with Crippen LogP contribution in [0.15, 0.2) is 71.6 Å². The van der Waals surface area contributed by atoms with Gasteiger partial charge in [-0.05, 0) is 41.0 Å². The fraction of sp³-hybridized carbons (Fsp3) is 0.130. The van der Waals surface area contributed by atoms with Gasteiger partial charge in [0.1, 0.15) is 0 Å². The third kappa shape index (κ3) is 5.32. The van der Waals surface area contributed by atoms with E-state index >= 15 is 0 Å². The Morgan fingerprint density at radius 1 is 0.875 bits per heavy atom. The summed E-state index contributed by atoms with van der Waals surface area (Å²) in [5.41, 5.74) is 15.0. The molecule has 0 heterocycles. The molecule has 0 unspecified atom stereocenters. The van der Waals surface area contributed by atoms with Crippen LogP contribution in [0, 0.1) is 0 Å². The summed E-state index contributed by atoms with van der Waals surface area (Å²) in [6.07, 6.45) is 0. The van der Waals surface area contributed by atoms with Gasteiger partial charge in [0.05, 0.1) is 16.1 Å². The molecule has 2 amide bonds. The Balaban J connectivity index is 1.93. The molecule has 0 aliphatic heterocycles. The highest BCUT2D eigenvalue weighted by Gasteiger charge is 2.17. The highest BCUT2D eigenvalue weighted by Crippen LogP contribution is 2.34. The lowest BCUT2D eigenvalue weighted by atomic mass is 9.94. The molecule has 0 fully saturated rings. The molecular formula is C23H24N4O4S. The highest BCUT2D eigenvalue weighted by atomic mass is 32.2. The maximum absolute atomic E-state index is 12.5. The summed E-state index contributed by atoms with van der Waals surface area (Å²) in [7, 11) is -3.75. The van der Waals surface area contributed by atoms with Gasteiger partial charge in [0.25, 0.3) is 5.91 Å². The van der Waals surface area contributed by atoms with Crippen LogP contribution < -0.4 is 21.5 Å². The van der Waals surface area contributed by atoms with Gasteiger partial charge in [0, 0.05) is 25.6 Å². The summed E-state index contributed by atoms with van der Waals surface area (Å²) in [5.74, 6) is -0.886. The summed E-state index contributed by atoms with van der Waals surface area (Å²) in [6, 6.07) is 19.1. The zero-order valence-electron chi connectivity index (χ0n) is 17.5. The Hall–Kier alpha value is -3.69. The zero-order chi connectivity index (χ0) is 23.3. The van der Waals surface area contributed by atoms with Gasteiger partial charge in [-0.1, -0.05) is 42.5 Å². The maximum atomic E-state index is 12.5.